The SMILES string of the molecule is COc1ccc(CCCNC(=O)COc2ccc(C)cc2Br)cc1OC. The number of nitrogens with one attached hydrogen (secondary N) is 1. The number of carbonyl (C=O) groups is 1. The number of methoxy groups -OCH3 is 2. The molecule has 0 aliphatic carbocycles. The Kier molecular flexibility index (Phi) is 7.78. The van der Waals surface area contributed by atoms with E-state index in [0.717, 1.165) is 28.4 Å². The minimum Gasteiger partial charge on any atom is -0.493 e. The van der Waals surface area contributed by atoms with Gasteiger partial charge in [0.25, 0.3) is 5.91 Å². The van der Waals surface area contributed by atoms with Crippen LogP contribution < -0.4 is 19.5 Å². The molecule has 0 heterocycles. The maximum absolute atomic E-state index is 11.9. The number of halogens is 1. The number of carbonyl (C=O) groups excluding carboxylic acids is 1. The van der Waals surface area contributed by atoms with Crippen molar-refractivity contribution < 1.29 is 19.0 Å². The maximum Gasteiger partial charge on any atom is 0.257 e. The molecule has 140 valence electrons. The fourth-order valence-corrected chi connectivity index (χ4v) is 3.08. The highest BCUT2D eigenvalue weighted by molar-refractivity contribution is 9.10. The third-order valence-corrected chi connectivity index (χ3v) is 4.48. The first-order valence-electron chi connectivity index (χ1n) is 8.40. The first-order chi connectivity index (χ1) is 12.5. The molecule has 5 nitrogen and oxygen atoms in total. The number of aryl methyl sites for hydroxylation is 2. The molecular formula is C20H24BrNO4. The van der Waals surface area contributed by atoms with Gasteiger partial charge < -0.3 is 19.5 Å². The van der Waals surface area contributed by atoms with Crippen LogP contribution in [0.3, 0.4) is 0 Å². The molecule has 0 aliphatic rings. The van der Waals surface area contributed by atoms with E-state index in [-0.39, 0.29) is 12.5 Å². The van der Waals surface area contributed by atoms with E-state index in [1.165, 1.54) is 0 Å². The smallest absolute Gasteiger partial charge is 0.257 e. The lowest BCUT2D eigenvalue weighted by molar-refractivity contribution is -0.123. The van der Waals surface area contributed by atoms with Gasteiger partial charge in [0.1, 0.15) is 5.75 Å². The average molecular weight is 422 g/mol. The van der Waals surface area contributed by atoms with Gasteiger partial charge >= 0.3 is 0 Å². The minimum absolute atomic E-state index is 0.00196. The molecule has 2 aromatic rings. The Morgan fingerprint density at radius 2 is 1.77 bits per heavy atom. The van der Waals surface area contributed by atoms with E-state index >= 15 is 0 Å². The molecule has 6 heteroatoms. The molecule has 0 bridgehead atoms. The van der Waals surface area contributed by atoms with E-state index in [0.29, 0.717) is 23.8 Å². The zero-order valence-corrected chi connectivity index (χ0v) is 16.9. The van der Waals surface area contributed by atoms with Crippen LogP contribution in [0.5, 0.6) is 17.2 Å². The average Bonchev–Trinajstić information content (AvgIpc) is 2.64. The van der Waals surface area contributed by atoms with Crippen LogP contribution in [0, 0.1) is 6.92 Å². The van der Waals surface area contributed by atoms with Gasteiger partial charge in [-0.05, 0) is 71.1 Å². The van der Waals surface area contributed by atoms with Crippen molar-refractivity contribution in [1.82, 2.24) is 5.32 Å². The zero-order chi connectivity index (χ0) is 18.9. The van der Waals surface area contributed by atoms with Crippen molar-refractivity contribution in [3.63, 3.8) is 0 Å². The predicted octanol–water partition coefficient (Wildman–Crippen LogP) is 3.90. The van der Waals surface area contributed by atoms with Crippen molar-refractivity contribution in [3.8, 4) is 17.2 Å². The van der Waals surface area contributed by atoms with E-state index < -0.39 is 0 Å². The second-order valence-electron chi connectivity index (χ2n) is 5.87. The third-order valence-electron chi connectivity index (χ3n) is 3.86. The molecule has 0 spiro atoms. The van der Waals surface area contributed by atoms with Crippen molar-refractivity contribution in [2.24, 2.45) is 0 Å². The van der Waals surface area contributed by atoms with E-state index in [1.54, 1.807) is 14.2 Å². The van der Waals surface area contributed by atoms with Crippen LogP contribution in [-0.4, -0.2) is 33.3 Å². The molecule has 0 unspecified atom stereocenters. The van der Waals surface area contributed by atoms with Gasteiger partial charge in [0.2, 0.25) is 0 Å². The lowest BCUT2D eigenvalue weighted by atomic mass is 10.1. The van der Waals surface area contributed by atoms with Crippen LogP contribution in [-0.2, 0) is 11.2 Å². The molecule has 0 aliphatic heterocycles. The summed E-state index contributed by atoms with van der Waals surface area (Å²) in [6.07, 6.45) is 1.67. The highest BCUT2D eigenvalue weighted by Gasteiger charge is 2.07. The first-order valence-corrected chi connectivity index (χ1v) is 9.19. The molecular weight excluding hydrogens is 398 g/mol. The summed E-state index contributed by atoms with van der Waals surface area (Å²) in [6.45, 7) is 2.59. The van der Waals surface area contributed by atoms with Gasteiger partial charge in [0, 0.05) is 6.54 Å². The van der Waals surface area contributed by atoms with Crippen LogP contribution >= 0.6 is 15.9 Å². The van der Waals surface area contributed by atoms with Crippen molar-refractivity contribution in [1.29, 1.82) is 0 Å². The highest BCUT2D eigenvalue weighted by Crippen LogP contribution is 2.28. The monoisotopic (exact) mass is 421 g/mol. The van der Waals surface area contributed by atoms with E-state index in [1.807, 2.05) is 43.3 Å². The topological polar surface area (TPSA) is 56.8 Å². The Hall–Kier alpha value is -2.21. The summed E-state index contributed by atoms with van der Waals surface area (Å²) in [7, 11) is 3.23. The molecule has 0 fully saturated rings. The Morgan fingerprint density at radius 1 is 1.04 bits per heavy atom. The summed E-state index contributed by atoms with van der Waals surface area (Å²) in [5.74, 6) is 1.95. The van der Waals surface area contributed by atoms with Crippen LogP contribution in [0.2, 0.25) is 0 Å². The maximum atomic E-state index is 11.9. The van der Waals surface area contributed by atoms with Gasteiger partial charge in [-0.1, -0.05) is 12.1 Å². The zero-order valence-electron chi connectivity index (χ0n) is 15.3. The lowest BCUT2D eigenvalue weighted by Crippen LogP contribution is -2.30. The second-order valence-corrected chi connectivity index (χ2v) is 6.72. The number of rotatable bonds is 9. The summed E-state index contributed by atoms with van der Waals surface area (Å²) in [5.41, 5.74) is 2.26. The number of benzene rings is 2. The van der Waals surface area contributed by atoms with Crippen molar-refractivity contribution in [2.75, 3.05) is 27.4 Å². The predicted molar refractivity (Wildman–Crippen MR) is 105 cm³/mol. The summed E-state index contributed by atoms with van der Waals surface area (Å²) in [6, 6.07) is 11.6. The van der Waals surface area contributed by atoms with Crippen LogP contribution in [0.25, 0.3) is 0 Å². The molecule has 0 atom stereocenters. The highest BCUT2D eigenvalue weighted by atomic mass is 79.9. The minimum atomic E-state index is -0.134. The van der Waals surface area contributed by atoms with Crippen LogP contribution in [0.15, 0.2) is 40.9 Å². The third kappa shape index (κ3) is 5.95. The van der Waals surface area contributed by atoms with Gasteiger partial charge in [-0.15, -0.1) is 0 Å². The fourth-order valence-electron chi connectivity index (χ4n) is 2.47. The number of hydrogen-bond donors (Lipinski definition) is 1. The lowest BCUT2D eigenvalue weighted by Gasteiger charge is -2.11. The van der Waals surface area contributed by atoms with Crippen LogP contribution in [0.1, 0.15) is 17.5 Å². The molecule has 0 aromatic heterocycles. The van der Waals surface area contributed by atoms with E-state index in [4.69, 9.17) is 14.2 Å². The first kappa shape index (κ1) is 20.1. The molecule has 2 rings (SSSR count). The summed E-state index contributed by atoms with van der Waals surface area (Å²) < 4.78 is 16.9. The molecule has 2 aromatic carbocycles. The van der Waals surface area contributed by atoms with Crippen molar-refractivity contribution in [2.45, 2.75) is 19.8 Å². The standard InChI is InChI=1S/C20H24BrNO4/c1-14-6-8-17(16(21)11-14)26-13-20(23)22-10-4-5-15-7-9-18(24-2)19(12-15)25-3/h6-9,11-12H,4-5,10,13H2,1-3H3,(H,22,23). The van der Waals surface area contributed by atoms with Gasteiger partial charge in [-0.3, -0.25) is 4.79 Å². The van der Waals surface area contributed by atoms with E-state index in [2.05, 4.69) is 21.2 Å². The largest absolute Gasteiger partial charge is 0.493 e. The molecule has 0 saturated heterocycles. The van der Waals surface area contributed by atoms with Gasteiger partial charge in [0.05, 0.1) is 18.7 Å². The van der Waals surface area contributed by atoms with Gasteiger partial charge in [-0.25, -0.2) is 0 Å². The molecule has 0 saturated carbocycles. The number of ether oxygens (including phenoxy) is 3. The van der Waals surface area contributed by atoms with Crippen molar-refractivity contribution in [3.05, 3.63) is 52.0 Å². The van der Waals surface area contributed by atoms with Gasteiger partial charge in [0.15, 0.2) is 18.1 Å². The fraction of sp³-hybridized carbons (Fsp3) is 0.350. The summed E-state index contributed by atoms with van der Waals surface area (Å²) in [5, 5.41) is 2.87. The molecule has 1 amide bonds. The number of amides is 1. The Bertz CT molecular complexity index is 749. The Balaban J connectivity index is 1.71. The Labute approximate surface area is 162 Å². The molecule has 1 N–H and O–H groups in total. The number of hydrogen-bond acceptors (Lipinski definition) is 4. The quantitative estimate of drug-likeness (QED) is 0.623. The van der Waals surface area contributed by atoms with Crippen LogP contribution in [0.4, 0.5) is 0 Å². The normalized spacial score (nSPS) is 10.3. The second kappa shape index (κ2) is 10.1. The summed E-state index contributed by atoms with van der Waals surface area (Å²) in [4.78, 5) is 11.9. The van der Waals surface area contributed by atoms with Crippen molar-refractivity contribution >= 4 is 21.8 Å². The van der Waals surface area contributed by atoms with E-state index in [9.17, 15) is 4.79 Å². The van der Waals surface area contributed by atoms with Gasteiger partial charge in [-0.2, -0.15) is 0 Å². The summed E-state index contributed by atoms with van der Waals surface area (Å²) >= 11 is 3.43. The molecule has 0 radical (unpaired) electrons. The Morgan fingerprint density at radius 3 is 2.46 bits per heavy atom. The molecule has 26 heavy (non-hydrogen) atoms.